The molecule has 1 unspecified atom stereocenters. The van der Waals surface area contributed by atoms with Crippen LogP contribution in [0.5, 0.6) is 5.75 Å². The lowest BCUT2D eigenvalue weighted by molar-refractivity contribution is -0.134. The molecule has 5 nitrogen and oxygen atoms in total. The molecule has 0 bridgehead atoms. The summed E-state index contributed by atoms with van der Waals surface area (Å²) >= 11 is 6.08. The Morgan fingerprint density at radius 3 is 2.83 bits per heavy atom. The number of carbonyl (C=O) groups is 1. The van der Waals surface area contributed by atoms with E-state index in [1.807, 2.05) is 23.1 Å². The molecule has 2 aliphatic heterocycles. The summed E-state index contributed by atoms with van der Waals surface area (Å²) in [5.74, 6) is 0.958. The summed E-state index contributed by atoms with van der Waals surface area (Å²) < 4.78 is 6.07. The van der Waals surface area contributed by atoms with E-state index in [0.29, 0.717) is 44.0 Å². The molecular weight excluding hydrogens is 328 g/mol. The molecule has 2 heterocycles. The monoisotopic (exact) mass is 352 g/mol. The molecule has 2 aliphatic rings. The van der Waals surface area contributed by atoms with Crippen LogP contribution in [-0.4, -0.2) is 59.2 Å². The average molecular weight is 353 g/mol. The number of hydrogen-bond acceptors (Lipinski definition) is 4. The van der Waals surface area contributed by atoms with Gasteiger partial charge in [0.15, 0.2) is 0 Å². The van der Waals surface area contributed by atoms with Gasteiger partial charge in [-0.1, -0.05) is 24.6 Å². The molecule has 0 radical (unpaired) electrons. The molecule has 3 rings (SSSR count). The molecule has 6 heteroatoms. The van der Waals surface area contributed by atoms with E-state index in [2.05, 4.69) is 11.8 Å². The van der Waals surface area contributed by atoms with Gasteiger partial charge in [-0.2, -0.15) is 0 Å². The van der Waals surface area contributed by atoms with Crippen LogP contribution in [0.4, 0.5) is 0 Å². The van der Waals surface area contributed by atoms with E-state index in [0.717, 1.165) is 24.3 Å². The van der Waals surface area contributed by atoms with E-state index in [9.17, 15) is 9.90 Å². The molecule has 1 N–H and O–H groups in total. The number of benzene rings is 1. The summed E-state index contributed by atoms with van der Waals surface area (Å²) in [6, 6.07) is 5.70. The second-order valence-electron chi connectivity index (χ2n) is 6.68. The first-order chi connectivity index (χ1) is 11.5. The van der Waals surface area contributed by atoms with Gasteiger partial charge in [-0.15, -0.1) is 0 Å². The Labute approximate surface area is 148 Å². The normalized spacial score (nSPS) is 22.6. The molecule has 1 fully saturated rings. The highest BCUT2D eigenvalue weighted by molar-refractivity contribution is 6.30. The first-order valence-electron chi connectivity index (χ1n) is 8.68. The van der Waals surface area contributed by atoms with Crippen LogP contribution in [0, 0.1) is 0 Å². The molecule has 24 heavy (non-hydrogen) atoms. The minimum atomic E-state index is -0.262. The maximum atomic E-state index is 12.6. The number of piperidine rings is 1. The first kappa shape index (κ1) is 17.5. The zero-order valence-corrected chi connectivity index (χ0v) is 14.8. The Morgan fingerprint density at radius 1 is 1.38 bits per heavy atom. The maximum absolute atomic E-state index is 12.6. The second-order valence-corrected chi connectivity index (χ2v) is 7.12. The number of likely N-dealkylation sites (tertiary alicyclic amines) is 1. The third kappa shape index (κ3) is 4.21. The van der Waals surface area contributed by atoms with Crippen LogP contribution in [0.1, 0.15) is 31.7 Å². The number of rotatable bonds is 3. The lowest BCUT2D eigenvalue weighted by Crippen LogP contribution is -2.46. The third-order valence-electron chi connectivity index (χ3n) is 4.81. The van der Waals surface area contributed by atoms with Gasteiger partial charge in [-0.3, -0.25) is 9.69 Å². The van der Waals surface area contributed by atoms with Crippen LogP contribution >= 0.6 is 11.6 Å². The quantitative estimate of drug-likeness (QED) is 0.907. The van der Waals surface area contributed by atoms with Crippen molar-refractivity contribution in [2.75, 3.05) is 26.2 Å². The predicted octanol–water partition coefficient (Wildman–Crippen LogP) is 2.30. The Kier molecular flexibility index (Phi) is 5.64. The first-order valence-corrected chi connectivity index (χ1v) is 9.06. The molecule has 0 aliphatic carbocycles. The predicted molar refractivity (Wildman–Crippen MR) is 93.3 cm³/mol. The van der Waals surface area contributed by atoms with Crippen LogP contribution in [0.25, 0.3) is 0 Å². The second kappa shape index (κ2) is 7.72. The minimum absolute atomic E-state index is 0.0562. The molecule has 0 saturated carbocycles. The molecule has 1 saturated heterocycles. The summed E-state index contributed by atoms with van der Waals surface area (Å²) in [6.07, 6.45) is 2.02. The van der Waals surface area contributed by atoms with Crippen LogP contribution < -0.4 is 4.74 Å². The largest absolute Gasteiger partial charge is 0.489 e. The van der Waals surface area contributed by atoms with Crippen molar-refractivity contribution in [2.45, 2.75) is 44.9 Å². The number of ether oxygens (including phenoxy) is 1. The standard InChI is InChI=1S/C18H25ClN2O3/c1-2-16-11-20(10-13-3-4-14(19)9-17(13)24-16)12-18(23)21-7-5-15(22)6-8-21/h3-4,9,15-16,22H,2,5-8,10-12H2,1H3. The van der Waals surface area contributed by atoms with Gasteiger partial charge in [0.1, 0.15) is 11.9 Å². The van der Waals surface area contributed by atoms with Crippen molar-refractivity contribution in [1.29, 1.82) is 0 Å². The fourth-order valence-electron chi connectivity index (χ4n) is 3.32. The van der Waals surface area contributed by atoms with Crippen molar-refractivity contribution in [3.63, 3.8) is 0 Å². The van der Waals surface area contributed by atoms with E-state index >= 15 is 0 Å². The van der Waals surface area contributed by atoms with Gasteiger partial charge in [0.25, 0.3) is 0 Å². The van der Waals surface area contributed by atoms with E-state index in [1.165, 1.54) is 0 Å². The zero-order chi connectivity index (χ0) is 17.1. The molecule has 1 aromatic carbocycles. The van der Waals surface area contributed by atoms with E-state index < -0.39 is 0 Å². The highest BCUT2D eigenvalue weighted by Gasteiger charge is 2.27. The van der Waals surface area contributed by atoms with E-state index in [4.69, 9.17) is 16.3 Å². The molecule has 132 valence electrons. The summed E-state index contributed by atoms with van der Waals surface area (Å²) in [4.78, 5) is 16.6. The summed E-state index contributed by atoms with van der Waals surface area (Å²) in [6.45, 7) is 5.18. The Balaban J connectivity index is 1.68. The number of carbonyl (C=O) groups excluding carboxylic acids is 1. The van der Waals surface area contributed by atoms with Gasteiger partial charge < -0.3 is 14.7 Å². The highest BCUT2D eigenvalue weighted by atomic mass is 35.5. The molecule has 1 atom stereocenters. The topological polar surface area (TPSA) is 53.0 Å². The number of hydrogen-bond donors (Lipinski definition) is 1. The van der Waals surface area contributed by atoms with Gasteiger partial charge in [0.2, 0.25) is 5.91 Å². The lowest BCUT2D eigenvalue weighted by Gasteiger charge is -2.32. The number of halogens is 1. The number of fused-ring (bicyclic) bond motifs is 1. The van der Waals surface area contributed by atoms with Crippen LogP contribution in [0.3, 0.4) is 0 Å². The van der Waals surface area contributed by atoms with Gasteiger partial charge in [-0.05, 0) is 31.4 Å². The smallest absolute Gasteiger partial charge is 0.236 e. The SMILES string of the molecule is CCC1CN(CC(=O)N2CCC(O)CC2)Cc2ccc(Cl)cc2O1. The molecule has 0 aromatic heterocycles. The van der Waals surface area contributed by atoms with Gasteiger partial charge in [0.05, 0.1) is 12.6 Å². The summed E-state index contributed by atoms with van der Waals surface area (Å²) in [7, 11) is 0. The average Bonchev–Trinajstić information content (AvgIpc) is 2.73. The Bertz CT molecular complexity index is 588. The third-order valence-corrected chi connectivity index (χ3v) is 5.05. The molecule has 1 amide bonds. The van der Waals surface area contributed by atoms with Crippen molar-refractivity contribution in [1.82, 2.24) is 9.80 Å². The van der Waals surface area contributed by atoms with Crippen molar-refractivity contribution in [2.24, 2.45) is 0 Å². The highest BCUT2D eigenvalue weighted by Crippen LogP contribution is 2.29. The van der Waals surface area contributed by atoms with E-state index in [1.54, 1.807) is 0 Å². The number of aliphatic hydroxyl groups excluding tert-OH is 1. The van der Waals surface area contributed by atoms with Gasteiger partial charge in [-0.25, -0.2) is 0 Å². The number of nitrogens with zero attached hydrogens (tertiary/aromatic N) is 2. The van der Waals surface area contributed by atoms with Crippen LogP contribution in [-0.2, 0) is 11.3 Å². The van der Waals surface area contributed by atoms with E-state index in [-0.39, 0.29) is 18.1 Å². The van der Waals surface area contributed by atoms with Gasteiger partial charge in [0, 0.05) is 36.8 Å². The van der Waals surface area contributed by atoms with Crippen LogP contribution in [0.15, 0.2) is 18.2 Å². The molecular formula is C18H25ClN2O3. The fourth-order valence-corrected chi connectivity index (χ4v) is 3.48. The Morgan fingerprint density at radius 2 is 2.12 bits per heavy atom. The molecule has 0 spiro atoms. The molecule has 1 aromatic rings. The Hall–Kier alpha value is -1.30. The lowest BCUT2D eigenvalue weighted by atomic mass is 10.1. The minimum Gasteiger partial charge on any atom is -0.489 e. The number of amides is 1. The number of aliphatic hydroxyl groups is 1. The van der Waals surface area contributed by atoms with Crippen molar-refractivity contribution >= 4 is 17.5 Å². The summed E-state index contributed by atoms with van der Waals surface area (Å²) in [5, 5.41) is 10.3. The van der Waals surface area contributed by atoms with Gasteiger partial charge >= 0.3 is 0 Å². The van der Waals surface area contributed by atoms with Crippen molar-refractivity contribution in [3.05, 3.63) is 28.8 Å². The van der Waals surface area contributed by atoms with Crippen molar-refractivity contribution < 1.29 is 14.6 Å². The fraction of sp³-hybridized carbons (Fsp3) is 0.611. The zero-order valence-electron chi connectivity index (χ0n) is 14.1. The maximum Gasteiger partial charge on any atom is 0.236 e. The van der Waals surface area contributed by atoms with Crippen molar-refractivity contribution in [3.8, 4) is 5.75 Å². The van der Waals surface area contributed by atoms with Crippen LogP contribution in [0.2, 0.25) is 5.02 Å². The summed E-state index contributed by atoms with van der Waals surface area (Å²) in [5.41, 5.74) is 1.07.